The van der Waals surface area contributed by atoms with Crippen molar-refractivity contribution in [2.75, 3.05) is 13.1 Å². The summed E-state index contributed by atoms with van der Waals surface area (Å²) >= 11 is 0. The van der Waals surface area contributed by atoms with E-state index in [9.17, 15) is 18.0 Å². The lowest BCUT2D eigenvalue weighted by Gasteiger charge is -2.32. The zero-order valence-corrected chi connectivity index (χ0v) is 13.2. The van der Waals surface area contributed by atoms with Gasteiger partial charge in [-0.25, -0.2) is 0 Å². The lowest BCUT2D eigenvalue weighted by Crippen LogP contribution is -2.41. The maximum atomic E-state index is 12.8. The van der Waals surface area contributed by atoms with Crippen molar-refractivity contribution in [3.63, 3.8) is 0 Å². The van der Waals surface area contributed by atoms with Gasteiger partial charge in [0.25, 0.3) is 5.91 Å². The van der Waals surface area contributed by atoms with Crippen molar-refractivity contribution < 1.29 is 22.7 Å². The van der Waals surface area contributed by atoms with Gasteiger partial charge in [0.2, 0.25) is 5.88 Å². The third kappa shape index (κ3) is 4.26. The molecule has 2 aromatic rings. The van der Waals surface area contributed by atoms with Crippen LogP contribution >= 0.6 is 0 Å². The molecule has 132 valence electrons. The summed E-state index contributed by atoms with van der Waals surface area (Å²) in [4.78, 5) is 14.0. The third-order valence-electron chi connectivity index (χ3n) is 4.00. The van der Waals surface area contributed by atoms with Gasteiger partial charge in [-0.15, -0.1) is 5.10 Å². The number of alkyl halides is 3. The van der Waals surface area contributed by atoms with Crippen LogP contribution in [0.25, 0.3) is 0 Å². The molecule has 0 radical (unpaired) electrons. The Bertz CT molecular complexity index is 729. The number of aromatic nitrogens is 2. The van der Waals surface area contributed by atoms with Crippen LogP contribution in [0.15, 0.2) is 42.6 Å². The molecule has 1 fully saturated rings. The Kier molecular flexibility index (Phi) is 4.87. The van der Waals surface area contributed by atoms with Gasteiger partial charge in [0.05, 0.1) is 5.56 Å². The summed E-state index contributed by atoms with van der Waals surface area (Å²) in [6, 6.07) is 7.92. The summed E-state index contributed by atoms with van der Waals surface area (Å²) in [5, 5.41) is 7.58. The van der Waals surface area contributed by atoms with E-state index in [0.717, 1.165) is 12.1 Å². The van der Waals surface area contributed by atoms with Crippen molar-refractivity contribution in [1.29, 1.82) is 0 Å². The minimum Gasteiger partial charge on any atom is -0.473 e. The first-order valence-corrected chi connectivity index (χ1v) is 7.84. The van der Waals surface area contributed by atoms with Crippen LogP contribution in [-0.4, -0.2) is 40.2 Å². The number of nitrogens with zero attached hydrogens (tertiary/aromatic N) is 3. The maximum absolute atomic E-state index is 12.8. The average molecular weight is 351 g/mol. The molecule has 0 aliphatic carbocycles. The average Bonchev–Trinajstić information content (AvgIpc) is 2.62. The molecule has 2 heterocycles. The summed E-state index contributed by atoms with van der Waals surface area (Å²) in [5.41, 5.74) is -0.776. The summed E-state index contributed by atoms with van der Waals surface area (Å²) in [6.45, 7) is 0.833. The number of ether oxygens (including phenoxy) is 1. The standard InChI is InChI=1S/C17H16F3N3O2/c18-17(19,20)13-4-1-3-12(11-13)16(24)23-9-6-14(7-10-23)25-15-5-2-8-21-22-15/h1-5,8,11,14H,6-7,9-10H2. The second kappa shape index (κ2) is 7.08. The van der Waals surface area contributed by atoms with Crippen LogP contribution < -0.4 is 4.74 Å². The van der Waals surface area contributed by atoms with Crippen LogP contribution in [0.2, 0.25) is 0 Å². The Morgan fingerprint density at radius 1 is 1.16 bits per heavy atom. The Morgan fingerprint density at radius 2 is 1.92 bits per heavy atom. The summed E-state index contributed by atoms with van der Waals surface area (Å²) in [7, 11) is 0. The molecule has 1 aromatic heterocycles. The van der Waals surface area contributed by atoms with Crippen molar-refractivity contribution in [3.8, 4) is 5.88 Å². The highest BCUT2D eigenvalue weighted by molar-refractivity contribution is 5.94. The molecule has 8 heteroatoms. The van der Waals surface area contributed by atoms with Gasteiger partial charge in [0.1, 0.15) is 6.10 Å². The van der Waals surface area contributed by atoms with Gasteiger partial charge in [-0.05, 0) is 24.3 Å². The number of carbonyl (C=O) groups excluding carboxylic acids is 1. The SMILES string of the molecule is O=C(c1cccc(C(F)(F)F)c1)N1CCC(Oc2cccnn2)CC1. The number of hydrogen-bond donors (Lipinski definition) is 0. The molecule has 25 heavy (non-hydrogen) atoms. The van der Waals surface area contributed by atoms with E-state index in [4.69, 9.17) is 4.74 Å². The summed E-state index contributed by atoms with van der Waals surface area (Å²) in [6.07, 6.45) is -1.85. The Balaban J connectivity index is 1.60. The Labute approximate surface area is 142 Å². The molecule has 0 bridgehead atoms. The van der Waals surface area contributed by atoms with Gasteiger partial charge in [-0.3, -0.25) is 4.79 Å². The molecule has 0 atom stereocenters. The lowest BCUT2D eigenvalue weighted by atomic mass is 10.0. The first kappa shape index (κ1) is 17.2. The highest BCUT2D eigenvalue weighted by atomic mass is 19.4. The predicted octanol–water partition coefficient (Wildman–Crippen LogP) is 3.18. The van der Waals surface area contributed by atoms with Crippen molar-refractivity contribution in [2.45, 2.75) is 25.1 Å². The van der Waals surface area contributed by atoms with Crippen LogP contribution in [-0.2, 0) is 6.18 Å². The minimum atomic E-state index is -4.46. The molecule has 0 N–H and O–H groups in total. The van der Waals surface area contributed by atoms with E-state index in [2.05, 4.69) is 10.2 Å². The normalized spacial score (nSPS) is 15.9. The lowest BCUT2D eigenvalue weighted by molar-refractivity contribution is -0.137. The molecule has 3 rings (SSSR count). The van der Waals surface area contributed by atoms with Crippen molar-refractivity contribution in [1.82, 2.24) is 15.1 Å². The molecular weight excluding hydrogens is 335 g/mol. The van der Waals surface area contributed by atoms with Crippen molar-refractivity contribution in [3.05, 3.63) is 53.7 Å². The summed E-state index contributed by atoms with van der Waals surface area (Å²) in [5.74, 6) is 0.0224. The predicted molar refractivity (Wildman–Crippen MR) is 83.0 cm³/mol. The molecule has 1 aliphatic rings. The Morgan fingerprint density at radius 3 is 2.56 bits per heavy atom. The van der Waals surface area contributed by atoms with Gasteiger partial charge < -0.3 is 9.64 Å². The molecule has 0 spiro atoms. The van der Waals surface area contributed by atoms with Crippen molar-refractivity contribution in [2.24, 2.45) is 0 Å². The third-order valence-corrected chi connectivity index (χ3v) is 4.00. The summed E-state index contributed by atoms with van der Waals surface area (Å²) < 4.78 is 44.0. The number of hydrogen-bond acceptors (Lipinski definition) is 4. The quantitative estimate of drug-likeness (QED) is 0.852. The van der Waals surface area contributed by atoms with Gasteiger partial charge in [0.15, 0.2) is 0 Å². The molecule has 1 amide bonds. The van der Waals surface area contributed by atoms with E-state index in [0.29, 0.717) is 31.8 Å². The van der Waals surface area contributed by atoms with Gasteiger partial charge in [-0.2, -0.15) is 18.3 Å². The first-order valence-electron chi connectivity index (χ1n) is 7.84. The molecule has 0 saturated carbocycles. The molecule has 0 unspecified atom stereocenters. The zero-order chi connectivity index (χ0) is 17.9. The highest BCUT2D eigenvalue weighted by Crippen LogP contribution is 2.30. The van der Waals surface area contributed by atoms with E-state index in [1.165, 1.54) is 12.1 Å². The monoisotopic (exact) mass is 351 g/mol. The maximum Gasteiger partial charge on any atom is 0.416 e. The van der Waals surface area contributed by atoms with E-state index >= 15 is 0 Å². The fraction of sp³-hybridized carbons (Fsp3) is 0.353. The molecule has 5 nitrogen and oxygen atoms in total. The molecule has 1 aromatic carbocycles. The zero-order valence-electron chi connectivity index (χ0n) is 13.2. The largest absolute Gasteiger partial charge is 0.473 e. The smallest absolute Gasteiger partial charge is 0.416 e. The van der Waals surface area contributed by atoms with Crippen molar-refractivity contribution >= 4 is 5.91 Å². The number of likely N-dealkylation sites (tertiary alicyclic amines) is 1. The molecular formula is C17H16F3N3O2. The molecule has 1 saturated heterocycles. The number of benzene rings is 1. The Hall–Kier alpha value is -2.64. The van der Waals surface area contributed by atoms with Gasteiger partial charge >= 0.3 is 6.18 Å². The topological polar surface area (TPSA) is 55.3 Å². The van der Waals surface area contributed by atoms with Crippen LogP contribution in [0.5, 0.6) is 5.88 Å². The van der Waals surface area contributed by atoms with E-state index in [1.54, 1.807) is 23.2 Å². The number of amides is 1. The second-order valence-corrected chi connectivity index (χ2v) is 5.75. The van der Waals surface area contributed by atoms with Crippen LogP contribution in [0.3, 0.4) is 0 Å². The van der Waals surface area contributed by atoms with E-state index < -0.39 is 17.6 Å². The first-order chi connectivity index (χ1) is 11.9. The number of rotatable bonds is 3. The van der Waals surface area contributed by atoms with Gasteiger partial charge in [-0.1, -0.05) is 6.07 Å². The number of halogens is 3. The van der Waals surface area contributed by atoms with Gasteiger partial charge in [0, 0.05) is 43.8 Å². The van der Waals surface area contributed by atoms with Crippen LogP contribution in [0, 0.1) is 0 Å². The van der Waals surface area contributed by atoms with Crippen LogP contribution in [0.1, 0.15) is 28.8 Å². The molecule has 1 aliphatic heterocycles. The fourth-order valence-electron chi connectivity index (χ4n) is 2.71. The van der Waals surface area contributed by atoms with E-state index in [1.807, 2.05) is 0 Å². The fourth-order valence-corrected chi connectivity index (χ4v) is 2.71. The second-order valence-electron chi connectivity index (χ2n) is 5.75. The van der Waals surface area contributed by atoms with Crippen LogP contribution in [0.4, 0.5) is 13.2 Å². The number of carbonyl (C=O) groups is 1. The van der Waals surface area contributed by atoms with E-state index in [-0.39, 0.29) is 11.7 Å². The minimum absolute atomic E-state index is 0.0446. The number of piperidine rings is 1. The highest BCUT2D eigenvalue weighted by Gasteiger charge is 2.32.